The van der Waals surface area contributed by atoms with Crippen molar-refractivity contribution >= 4 is 0 Å². The summed E-state index contributed by atoms with van der Waals surface area (Å²) in [4.78, 5) is 0. The summed E-state index contributed by atoms with van der Waals surface area (Å²) in [5.74, 6) is -4.55. The molecule has 284 valence electrons. The molecule has 0 amide bonds. The van der Waals surface area contributed by atoms with E-state index >= 15 is 8.78 Å². The van der Waals surface area contributed by atoms with Crippen LogP contribution in [0.15, 0.2) is 24.3 Å². The zero-order valence-corrected chi connectivity index (χ0v) is 30.9. The Morgan fingerprint density at radius 1 is 0.451 bits per heavy atom. The molecule has 4 fully saturated rings. The molecule has 6 rings (SSSR count). The highest BCUT2D eigenvalue weighted by Crippen LogP contribution is 2.51. The SMILES string of the molecule is CCCC1CCC(C2CCC(C(OC(c3ccc(F)c(F)c3F)C3CCC(C4CCC(CCC)CC4)CC3)c3ccc(F)c(F)c3F)CC2)CC1. The van der Waals surface area contributed by atoms with Crippen LogP contribution in [-0.4, -0.2) is 0 Å². The molecule has 2 unspecified atom stereocenters. The Hall–Kier alpha value is -2.02. The monoisotopic (exact) mass is 718 g/mol. The first-order valence-electron chi connectivity index (χ1n) is 20.6. The van der Waals surface area contributed by atoms with Crippen LogP contribution in [0.5, 0.6) is 0 Å². The zero-order chi connectivity index (χ0) is 36.1. The highest BCUT2D eigenvalue weighted by molar-refractivity contribution is 5.26. The van der Waals surface area contributed by atoms with Gasteiger partial charge in [0.15, 0.2) is 34.9 Å². The summed E-state index contributed by atoms with van der Waals surface area (Å²) in [7, 11) is 0. The van der Waals surface area contributed by atoms with Crippen LogP contribution in [0.3, 0.4) is 0 Å². The maximum absolute atomic E-state index is 15.7. The average molecular weight is 719 g/mol. The predicted octanol–water partition coefficient (Wildman–Crippen LogP) is 14.1. The molecule has 0 spiro atoms. The quantitative estimate of drug-likeness (QED) is 0.157. The van der Waals surface area contributed by atoms with Crippen molar-refractivity contribution in [2.75, 3.05) is 0 Å². The van der Waals surface area contributed by atoms with Crippen LogP contribution >= 0.6 is 0 Å². The third-order valence-electron chi connectivity index (χ3n) is 14.0. The Bertz CT molecular complexity index is 1290. The van der Waals surface area contributed by atoms with E-state index in [2.05, 4.69) is 13.8 Å². The number of hydrogen-bond donors (Lipinski definition) is 0. The van der Waals surface area contributed by atoms with E-state index in [1.807, 2.05) is 0 Å². The Kier molecular flexibility index (Phi) is 13.6. The van der Waals surface area contributed by atoms with Crippen molar-refractivity contribution in [2.45, 2.75) is 154 Å². The van der Waals surface area contributed by atoms with E-state index in [1.54, 1.807) is 0 Å². The molecule has 4 saturated carbocycles. The van der Waals surface area contributed by atoms with Gasteiger partial charge in [-0.2, -0.15) is 0 Å². The van der Waals surface area contributed by atoms with Crippen molar-refractivity contribution in [3.8, 4) is 0 Å². The first kappa shape index (κ1) is 38.7. The summed E-state index contributed by atoms with van der Waals surface area (Å²) < 4.78 is 96.3. The van der Waals surface area contributed by atoms with E-state index in [0.29, 0.717) is 23.7 Å². The first-order chi connectivity index (χ1) is 24.7. The predicted molar refractivity (Wildman–Crippen MR) is 191 cm³/mol. The minimum atomic E-state index is -1.55. The van der Waals surface area contributed by atoms with Crippen molar-refractivity contribution in [3.63, 3.8) is 0 Å². The summed E-state index contributed by atoms with van der Waals surface area (Å²) in [5.41, 5.74) is -0.161. The van der Waals surface area contributed by atoms with Gasteiger partial charge in [-0.3, -0.25) is 0 Å². The molecule has 7 heteroatoms. The number of ether oxygens (including phenoxy) is 1. The molecule has 4 aliphatic carbocycles. The summed E-state index contributed by atoms with van der Waals surface area (Å²) in [6.07, 6.45) is 19.7. The zero-order valence-electron chi connectivity index (χ0n) is 30.9. The molecule has 0 aliphatic heterocycles. The molecular weight excluding hydrogens is 658 g/mol. The van der Waals surface area contributed by atoms with Gasteiger partial charge >= 0.3 is 0 Å². The lowest BCUT2D eigenvalue weighted by molar-refractivity contribution is -0.0963. The van der Waals surface area contributed by atoms with Gasteiger partial charge < -0.3 is 4.74 Å². The van der Waals surface area contributed by atoms with Crippen molar-refractivity contribution in [3.05, 3.63) is 70.3 Å². The van der Waals surface area contributed by atoms with Crippen molar-refractivity contribution in [1.29, 1.82) is 0 Å². The number of halogens is 6. The standard InChI is InChI=1S/C44H60F6O/c1-3-5-27-7-11-29(12-8-27)31-15-19-33(20-16-31)43(35-23-25-37(45)41(49)39(35)47)51-44(36-24-26-38(46)42(50)40(36)48)34-21-17-32(18-22-34)30-13-9-28(6-4-2)10-14-30/h23-34,43-44H,3-22H2,1-2H3. The average Bonchev–Trinajstić information content (AvgIpc) is 3.15. The largest absolute Gasteiger partial charge is 0.365 e. The van der Waals surface area contributed by atoms with E-state index in [9.17, 15) is 17.6 Å². The van der Waals surface area contributed by atoms with Crippen LogP contribution in [0.25, 0.3) is 0 Å². The lowest BCUT2D eigenvalue weighted by Crippen LogP contribution is -2.32. The van der Waals surface area contributed by atoms with Gasteiger partial charge in [0, 0.05) is 11.1 Å². The number of benzene rings is 2. The number of hydrogen-bond acceptors (Lipinski definition) is 1. The van der Waals surface area contributed by atoms with Gasteiger partial charge in [-0.05, 0) is 137 Å². The second kappa shape index (κ2) is 17.9. The van der Waals surface area contributed by atoms with Crippen LogP contribution in [-0.2, 0) is 4.74 Å². The molecule has 2 aromatic carbocycles. The third-order valence-corrected chi connectivity index (χ3v) is 14.0. The normalized spacial score (nSPS) is 31.7. The maximum Gasteiger partial charge on any atom is 0.194 e. The van der Waals surface area contributed by atoms with E-state index in [4.69, 9.17) is 4.74 Å². The Labute approximate surface area is 302 Å². The van der Waals surface area contributed by atoms with Crippen LogP contribution < -0.4 is 0 Å². The fourth-order valence-corrected chi connectivity index (χ4v) is 11.1. The molecule has 4 aliphatic rings. The molecule has 2 aromatic rings. The van der Waals surface area contributed by atoms with Crippen LogP contribution in [0, 0.1) is 82.2 Å². The minimum absolute atomic E-state index is 0.0806. The van der Waals surface area contributed by atoms with E-state index in [1.165, 1.54) is 89.2 Å². The Balaban J connectivity index is 1.23. The lowest BCUT2D eigenvalue weighted by atomic mass is 9.67. The van der Waals surface area contributed by atoms with Gasteiger partial charge in [-0.1, -0.05) is 77.3 Å². The van der Waals surface area contributed by atoms with Crippen molar-refractivity contribution < 1.29 is 31.1 Å². The topological polar surface area (TPSA) is 9.23 Å². The second-order valence-corrected chi connectivity index (χ2v) is 17.0. The molecule has 0 N–H and O–H groups in total. The smallest absolute Gasteiger partial charge is 0.194 e. The highest BCUT2D eigenvalue weighted by atomic mass is 19.2. The van der Waals surface area contributed by atoms with Crippen molar-refractivity contribution in [2.24, 2.45) is 47.3 Å². The van der Waals surface area contributed by atoms with E-state index < -0.39 is 47.1 Å². The summed E-state index contributed by atoms with van der Waals surface area (Å²) in [6.45, 7) is 4.50. The molecule has 0 radical (unpaired) electrons. The third kappa shape index (κ3) is 9.03. The van der Waals surface area contributed by atoms with Gasteiger partial charge in [0.2, 0.25) is 0 Å². The number of rotatable bonds is 12. The summed E-state index contributed by atoms with van der Waals surface area (Å²) in [5, 5.41) is 0. The van der Waals surface area contributed by atoms with Gasteiger partial charge in [0.1, 0.15) is 0 Å². The van der Waals surface area contributed by atoms with E-state index in [-0.39, 0.29) is 23.0 Å². The molecule has 0 heterocycles. The molecule has 0 saturated heterocycles. The van der Waals surface area contributed by atoms with Crippen LogP contribution in [0.1, 0.15) is 166 Å². The van der Waals surface area contributed by atoms with Crippen LogP contribution in [0.2, 0.25) is 0 Å². The molecule has 0 aromatic heterocycles. The van der Waals surface area contributed by atoms with Gasteiger partial charge in [-0.25, -0.2) is 26.3 Å². The summed E-state index contributed by atoms with van der Waals surface area (Å²) in [6, 6.07) is 4.37. The molecule has 51 heavy (non-hydrogen) atoms. The molecule has 1 nitrogen and oxygen atoms in total. The Morgan fingerprint density at radius 3 is 1.08 bits per heavy atom. The van der Waals surface area contributed by atoms with Gasteiger partial charge in [0.25, 0.3) is 0 Å². The van der Waals surface area contributed by atoms with Gasteiger partial charge in [0.05, 0.1) is 12.2 Å². The Morgan fingerprint density at radius 2 is 0.765 bits per heavy atom. The highest BCUT2D eigenvalue weighted by Gasteiger charge is 2.41. The minimum Gasteiger partial charge on any atom is -0.365 e. The fourth-order valence-electron chi connectivity index (χ4n) is 11.1. The van der Waals surface area contributed by atoms with E-state index in [0.717, 1.165) is 75.3 Å². The second-order valence-electron chi connectivity index (χ2n) is 17.0. The molecule has 2 atom stereocenters. The van der Waals surface area contributed by atoms with Crippen molar-refractivity contribution in [1.82, 2.24) is 0 Å². The van der Waals surface area contributed by atoms with Gasteiger partial charge in [-0.15, -0.1) is 0 Å². The maximum atomic E-state index is 15.7. The fraction of sp³-hybridized carbons (Fsp3) is 0.727. The van der Waals surface area contributed by atoms with Crippen LogP contribution in [0.4, 0.5) is 26.3 Å². The molecule has 0 bridgehead atoms. The first-order valence-corrected chi connectivity index (χ1v) is 20.6. The lowest BCUT2D eigenvalue weighted by Gasteiger charge is -2.43. The molecular formula is C44H60F6O. The summed E-state index contributed by atoms with van der Waals surface area (Å²) >= 11 is 0.